The van der Waals surface area contributed by atoms with Gasteiger partial charge in [0.05, 0.1) is 34.0 Å². The average molecular weight is 364 g/mol. The molecule has 1 spiro atoms. The molecule has 1 aromatic carbocycles. The molecule has 5 nitrogen and oxygen atoms in total. The molecule has 2 fully saturated rings. The van der Waals surface area contributed by atoms with Gasteiger partial charge in [-0.25, -0.2) is 0 Å². The molecule has 1 aliphatic carbocycles. The van der Waals surface area contributed by atoms with Crippen LogP contribution in [0.25, 0.3) is 10.9 Å². The van der Waals surface area contributed by atoms with Crippen molar-refractivity contribution < 1.29 is 14.1 Å². The first kappa shape index (κ1) is 17.2. The summed E-state index contributed by atoms with van der Waals surface area (Å²) in [5.74, 6) is 0.207. The Morgan fingerprint density at radius 3 is 2.37 bits per heavy atom. The molecule has 0 radical (unpaired) electrons. The molecular formula is C21H25BN2O3. The number of amides is 1. The minimum absolute atomic E-state index is 0.207. The van der Waals surface area contributed by atoms with Crippen molar-refractivity contribution in [1.29, 1.82) is 0 Å². The Kier molecular flexibility index (Phi) is 3.26. The molecule has 1 aromatic heterocycles. The van der Waals surface area contributed by atoms with Crippen LogP contribution in [-0.2, 0) is 19.5 Å². The van der Waals surface area contributed by atoms with Gasteiger partial charge in [-0.05, 0) is 52.1 Å². The lowest BCUT2D eigenvalue weighted by atomic mass is 9.64. The van der Waals surface area contributed by atoms with Crippen molar-refractivity contribution in [1.82, 2.24) is 4.98 Å². The summed E-state index contributed by atoms with van der Waals surface area (Å²) in [4.78, 5) is 19.4. The summed E-state index contributed by atoms with van der Waals surface area (Å²) >= 11 is 0. The Morgan fingerprint density at radius 2 is 1.78 bits per heavy atom. The number of aromatic nitrogens is 1. The Bertz CT molecular complexity index is 965. The standard InChI is InChI=1S/C21H25BN2O3/c1-19(2)20(3,4)27-22(26-19)13-7-8-15-14(11-13)17-16(12-23-15)24(5)18(25)21(17)9-6-10-21/h7-8,11-12H,6,9-10H2,1-5H3. The number of hydrogen-bond acceptors (Lipinski definition) is 4. The maximum atomic E-state index is 13.0. The van der Waals surface area contributed by atoms with Crippen LogP contribution in [0.15, 0.2) is 24.4 Å². The highest BCUT2D eigenvalue weighted by molar-refractivity contribution is 6.62. The summed E-state index contributed by atoms with van der Waals surface area (Å²) in [5.41, 5.74) is 2.86. The lowest BCUT2D eigenvalue weighted by Crippen LogP contribution is -2.44. The predicted molar refractivity (Wildman–Crippen MR) is 106 cm³/mol. The van der Waals surface area contributed by atoms with Gasteiger partial charge in [0.2, 0.25) is 5.91 Å². The third kappa shape index (κ3) is 2.08. The van der Waals surface area contributed by atoms with Crippen molar-refractivity contribution in [2.75, 3.05) is 11.9 Å². The summed E-state index contributed by atoms with van der Waals surface area (Å²) in [6, 6.07) is 6.17. The number of carbonyl (C=O) groups is 1. The van der Waals surface area contributed by atoms with Crippen LogP contribution < -0.4 is 10.4 Å². The van der Waals surface area contributed by atoms with Crippen LogP contribution in [-0.4, -0.2) is 36.3 Å². The zero-order valence-corrected chi connectivity index (χ0v) is 16.6. The highest BCUT2D eigenvalue weighted by Gasteiger charge is 2.55. The van der Waals surface area contributed by atoms with Crippen molar-refractivity contribution in [3.8, 4) is 0 Å². The first-order chi connectivity index (χ1) is 12.7. The zero-order chi connectivity index (χ0) is 19.2. The van der Waals surface area contributed by atoms with Crippen LogP contribution in [0.1, 0.15) is 52.5 Å². The average Bonchev–Trinajstić information content (AvgIpc) is 2.94. The van der Waals surface area contributed by atoms with E-state index in [1.165, 1.54) is 0 Å². The van der Waals surface area contributed by atoms with Gasteiger partial charge in [0.25, 0.3) is 0 Å². The van der Waals surface area contributed by atoms with Crippen molar-refractivity contribution >= 4 is 35.1 Å². The van der Waals surface area contributed by atoms with Crippen LogP contribution in [0, 0.1) is 0 Å². The molecule has 140 valence electrons. The molecule has 3 heterocycles. The monoisotopic (exact) mass is 364 g/mol. The van der Waals surface area contributed by atoms with Gasteiger partial charge in [0.15, 0.2) is 0 Å². The van der Waals surface area contributed by atoms with E-state index in [4.69, 9.17) is 9.31 Å². The third-order valence-corrected chi connectivity index (χ3v) is 7.16. The molecule has 2 aliphatic heterocycles. The molecule has 5 rings (SSSR count). The van der Waals surface area contributed by atoms with Gasteiger partial charge in [0, 0.05) is 18.0 Å². The van der Waals surface area contributed by atoms with E-state index in [0.717, 1.165) is 46.9 Å². The molecule has 27 heavy (non-hydrogen) atoms. The normalized spacial score (nSPS) is 24.6. The van der Waals surface area contributed by atoms with E-state index < -0.39 is 7.12 Å². The molecule has 0 atom stereocenters. The lowest BCUT2D eigenvalue weighted by Gasteiger charge is -2.37. The number of likely N-dealkylation sites (N-methyl/N-ethyl adjacent to an activating group) is 1. The minimum Gasteiger partial charge on any atom is -0.399 e. The van der Waals surface area contributed by atoms with Gasteiger partial charge in [-0.15, -0.1) is 0 Å². The van der Waals surface area contributed by atoms with Crippen LogP contribution in [0.5, 0.6) is 0 Å². The fourth-order valence-corrected chi connectivity index (χ4v) is 4.61. The van der Waals surface area contributed by atoms with E-state index >= 15 is 0 Å². The molecule has 0 bridgehead atoms. The minimum atomic E-state index is -0.414. The second kappa shape index (κ2) is 5.12. The van der Waals surface area contributed by atoms with E-state index in [2.05, 4.69) is 38.7 Å². The number of anilines is 1. The van der Waals surface area contributed by atoms with Crippen molar-refractivity contribution in [3.63, 3.8) is 0 Å². The van der Waals surface area contributed by atoms with Gasteiger partial charge < -0.3 is 14.2 Å². The maximum absolute atomic E-state index is 13.0. The Morgan fingerprint density at radius 1 is 1.11 bits per heavy atom. The van der Waals surface area contributed by atoms with Crippen molar-refractivity contribution in [2.24, 2.45) is 0 Å². The number of hydrogen-bond donors (Lipinski definition) is 0. The molecule has 0 unspecified atom stereocenters. The summed E-state index contributed by atoms with van der Waals surface area (Å²) in [6.07, 6.45) is 4.78. The zero-order valence-electron chi connectivity index (χ0n) is 16.6. The molecule has 6 heteroatoms. The molecule has 2 aromatic rings. The predicted octanol–water partition coefficient (Wildman–Crippen LogP) is 2.93. The Hall–Kier alpha value is -1.92. The molecule has 1 saturated heterocycles. The van der Waals surface area contributed by atoms with E-state index in [1.807, 2.05) is 25.4 Å². The SMILES string of the molecule is CN1C(=O)C2(CCC2)c2c1cnc1ccc(B3OC(C)(C)C(C)(C)O3)cc21. The summed E-state index contributed by atoms with van der Waals surface area (Å²) in [6.45, 7) is 8.24. The van der Waals surface area contributed by atoms with Gasteiger partial charge in [-0.2, -0.15) is 0 Å². The second-order valence-corrected chi connectivity index (χ2v) is 9.18. The quantitative estimate of drug-likeness (QED) is 0.731. The summed E-state index contributed by atoms with van der Waals surface area (Å²) < 4.78 is 12.5. The van der Waals surface area contributed by atoms with Gasteiger partial charge in [0.1, 0.15) is 0 Å². The Balaban J connectivity index is 1.67. The maximum Gasteiger partial charge on any atom is 0.494 e. The molecule has 0 N–H and O–H groups in total. The van der Waals surface area contributed by atoms with E-state index in [9.17, 15) is 4.79 Å². The fourth-order valence-electron chi connectivity index (χ4n) is 4.61. The molecule has 3 aliphatic rings. The van der Waals surface area contributed by atoms with Gasteiger partial charge in [-0.1, -0.05) is 18.6 Å². The smallest absolute Gasteiger partial charge is 0.399 e. The highest BCUT2D eigenvalue weighted by atomic mass is 16.7. The lowest BCUT2D eigenvalue weighted by molar-refractivity contribution is -0.125. The van der Waals surface area contributed by atoms with E-state index in [-0.39, 0.29) is 22.5 Å². The molecule has 1 saturated carbocycles. The number of pyridine rings is 1. The van der Waals surface area contributed by atoms with Crippen LogP contribution in [0.2, 0.25) is 0 Å². The van der Waals surface area contributed by atoms with Crippen LogP contribution >= 0.6 is 0 Å². The van der Waals surface area contributed by atoms with Crippen LogP contribution in [0.3, 0.4) is 0 Å². The van der Waals surface area contributed by atoms with E-state index in [1.54, 1.807) is 4.90 Å². The van der Waals surface area contributed by atoms with Gasteiger partial charge >= 0.3 is 7.12 Å². The van der Waals surface area contributed by atoms with Crippen LogP contribution in [0.4, 0.5) is 5.69 Å². The number of fused-ring (bicyclic) bond motifs is 4. The first-order valence-corrected chi connectivity index (χ1v) is 9.73. The summed E-state index contributed by atoms with van der Waals surface area (Å²) in [7, 11) is 1.45. The first-order valence-electron chi connectivity index (χ1n) is 9.73. The third-order valence-electron chi connectivity index (χ3n) is 7.16. The highest BCUT2D eigenvalue weighted by Crippen LogP contribution is 2.54. The number of nitrogens with zero attached hydrogens (tertiary/aromatic N) is 2. The second-order valence-electron chi connectivity index (χ2n) is 9.18. The van der Waals surface area contributed by atoms with Crippen molar-refractivity contribution in [3.05, 3.63) is 30.0 Å². The molecular weight excluding hydrogens is 339 g/mol. The number of benzene rings is 1. The fraction of sp³-hybridized carbons (Fsp3) is 0.524. The largest absolute Gasteiger partial charge is 0.494 e. The molecule has 1 amide bonds. The topological polar surface area (TPSA) is 51.7 Å². The van der Waals surface area contributed by atoms with Crippen molar-refractivity contribution in [2.45, 2.75) is 63.6 Å². The Labute approximate surface area is 160 Å². The van der Waals surface area contributed by atoms with E-state index in [0.29, 0.717) is 0 Å². The number of rotatable bonds is 1. The summed E-state index contributed by atoms with van der Waals surface area (Å²) in [5, 5.41) is 1.05. The van der Waals surface area contributed by atoms with Gasteiger partial charge in [-0.3, -0.25) is 9.78 Å². The number of carbonyl (C=O) groups excluding carboxylic acids is 1.